The molecule has 0 saturated heterocycles. The molecule has 0 aliphatic carbocycles. The van der Waals surface area contributed by atoms with E-state index in [2.05, 4.69) is 95.4 Å². The number of hydrogen-bond acceptors (Lipinski definition) is 15. The average Bonchev–Trinajstić information content (AvgIpc) is 0.710. The lowest BCUT2D eigenvalue weighted by Crippen LogP contribution is -2.81. The van der Waals surface area contributed by atoms with Gasteiger partial charge in [-0.1, -0.05) is 352 Å². The minimum absolute atomic E-state index is 0.147. The Morgan fingerprint density at radius 3 is 0.555 bits per heavy atom. The summed E-state index contributed by atoms with van der Waals surface area (Å²) in [5.74, 6) is -23.9. The molecule has 0 aromatic heterocycles. The monoisotopic (exact) mass is 1550 g/mol. The Bertz CT molecular complexity index is 2220. The fourth-order valence-electron chi connectivity index (χ4n) is 13.9. The maximum Gasteiger partial charge on any atom is 0.451 e. The van der Waals surface area contributed by atoms with E-state index in [9.17, 15) is 49.5 Å². The molecular formula is C95H172O15. The molecule has 0 aromatic carbocycles. The van der Waals surface area contributed by atoms with Gasteiger partial charge in [-0.3, -0.25) is 24.0 Å². The molecule has 3 atom stereocenters. The fraction of sp³-hybridized carbons (Fsp3) is 0.842. The summed E-state index contributed by atoms with van der Waals surface area (Å²) in [6.45, 7) is 9.25. The van der Waals surface area contributed by atoms with Gasteiger partial charge < -0.3 is 49.2 Å². The molecule has 0 unspecified atom stereocenters. The minimum atomic E-state index is -4.56. The molecule has 0 rings (SSSR count). The number of carbonyl (C=O) groups excluding carboxylic acids is 5. The molecule has 110 heavy (non-hydrogen) atoms. The number of hydrogen-bond donors (Lipinski definition) is 5. The van der Waals surface area contributed by atoms with E-state index in [1.54, 1.807) is 0 Å². The van der Waals surface area contributed by atoms with Gasteiger partial charge in [0.1, 0.15) is 6.61 Å². The minimum Gasteiger partial charge on any atom is -0.423 e. The molecule has 0 radical (unpaired) electrons. The Kier molecular flexibility index (Phi) is 74.5. The molecule has 0 heterocycles. The quantitative estimate of drug-likeness (QED) is 0.0125. The second-order valence-corrected chi connectivity index (χ2v) is 31.9. The second-order valence-electron chi connectivity index (χ2n) is 31.9. The molecule has 0 bridgehead atoms. The Balaban J connectivity index is 7.26. The topological polar surface area (TPSA) is 233 Å². The van der Waals surface area contributed by atoms with Crippen molar-refractivity contribution in [2.24, 2.45) is 0 Å². The standard InChI is InChI=1S/C95H172O15/c1-6-11-16-21-26-31-36-41-46-51-56-61-66-71-76-81-87(97)106-92(102,86-96)93(103,107-88(98)82-77-72-67-62-57-52-47-42-37-32-27-22-17-12-7-2)94(104,108-89(99)83-78-73-68-63-58-53-48-43-38-33-28-23-18-13-8-3)95(105,109-90(100)84-79-74-69-64-59-54-49-44-39-34-29-24-19-14-9-4)110-91(101)85-80-75-70-65-60-55-50-45-40-35-30-25-20-15-10-5/h41-50,96,102-105H,6-40,51-86H2,1-5H3/b46-41-,47-42-,48-43-,49-44-,50-45-/t92-,93-,94+/m1/s1. The van der Waals surface area contributed by atoms with Crippen molar-refractivity contribution in [3.63, 3.8) is 0 Å². The van der Waals surface area contributed by atoms with Gasteiger partial charge in [0, 0.05) is 32.1 Å². The van der Waals surface area contributed by atoms with Crippen molar-refractivity contribution in [3.8, 4) is 0 Å². The molecular weight excluding hydrogens is 1380 g/mol. The Morgan fingerprint density at radius 1 is 0.209 bits per heavy atom. The van der Waals surface area contributed by atoms with Gasteiger partial charge in [-0.25, -0.2) is 0 Å². The maximum absolute atomic E-state index is 14.5. The predicted octanol–water partition coefficient (Wildman–Crippen LogP) is 26.6. The summed E-state index contributed by atoms with van der Waals surface area (Å²) >= 11 is 0. The average molecular weight is 1550 g/mol. The van der Waals surface area contributed by atoms with E-state index >= 15 is 0 Å². The van der Waals surface area contributed by atoms with Crippen molar-refractivity contribution in [1.82, 2.24) is 0 Å². The highest BCUT2D eigenvalue weighted by atomic mass is 16.9. The van der Waals surface area contributed by atoms with Crippen LogP contribution in [0.4, 0.5) is 0 Å². The number of aliphatic hydroxyl groups is 5. The number of carbonyl (C=O) groups is 5. The Hall–Kier alpha value is -4.15. The highest BCUT2D eigenvalue weighted by Gasteiger charge is 2.82. The van der Waals surface area contributed by atoms with Crippen molar-refractivity contribution in [2.75, 3.05) is 6.61 Å². The second kappa shape index (κ2) is 77.4. The molecule has 0 fully saturated rings. The summed E-state index contributed by atoms with van der Waals surface area (Å²) in [7, 11) is 0. The number of allylic oxidation sites excluding steroid dienone is 10. The van der Waals surface area contributed by atoms with Crippen molar-refractivity contribution >= 4 is 29.8 Å². The number of aliphatic hydroxyl groups excluding tert-OH is 1. The van der Waals surface area contributed by atoms with Crippen LogP contribution in [-0.2, 0) is 47.7 Å². The van der Waals surface area contributed by atoms with Crippen LogP contribution >= 0.6 is 0 Å². The van der Waals surface area contributed by atoms with Crippen LogP contribution in [-0.4, -0.2) is 85.3 Å². The molecule has 0 aromatic rings. The Morgan fingerprint density at radius 2 is 0.364 bits per heavy atom. The lowest BCUT2D eigenvalue weighted by Gasteiger charge is -2.50. The van der Waals surface area contributed by atoms with Crippen LogP contribution in [0.15, 0.2) is 60.8 Å². The summed E-state index contributed by atoms with van der Waals surface area (Å²) in [5, 5.41) is 63.9. The molecule has 0 aliphatic heterocycles. The van der Waals surface area contributed by atoms with Crippen molar-refractivity contribution in [1.29, 1.82) is 0 Å². The van der Waals surface area contributed by atoms with E-state index in [0.29, 0.717) is 44.9 Å². The van der Waals surface area contributed by atoms with E-state index in [4.69, 9.17) is 23.7 Å². The van der Waals surface area contributed by atoms with Crippen LogP contribution in [0.1, 0.15) is 484 Å². The molecule has 15 nitrogen and oxygen atoms in total. The smallest absolute Gasteiger partial charge is 0.423 e. The lowest BCUT2D eigenvalue weighted by atomic mass is 9.92. The summed E-state index contributed by atoms with van der Waals surface area (Å²) in [6, 6.07) is 0. The van der Waals surface area contributed by atoms with Gasteiger partial charge >= 0.3 is 53.2 Å². The first-order valence-electron chi connectivity index (χ1n) is 46.4. The number of unbranched alkanes of at least 4 members (excludes halogenated alkanes) is 55. The molecule has 0 spiro atoms. The van der Waals surface area contributed by atoms with E-state index in [1.165, 1.54) is 193 Å². The summed E-state index contributed by atoms with van der Waals surface area (Å²) in [6.07, 6.45) is 83.3. The Labute approximate surface area is 674 Å². The van der Waals surface area contributed by atoms with E-state index in [0.717, 1.165) is 148 Å². The number of rotatable bonds is 84. The van der Waals surface area contributed by atoms with Gasteiger partial charge in [0.25, 0.3) is 0 Å². The fourth-order valence-corrected chi connectivity index (χ4v) is 13.9. The number of esters is 5. The normalized spacial score (nSPS) is 13.8. The zero-order valence-electron chi connectivity index (χ0n) is 71.8. The number of ether oxygens (including phenoxy) is 5. The predicted molar refractivity (Wildman–Crippen MR) is 455 cm³/mol. The largest absolute Gasteiger partial charge is 0.451 e. The van der Waals surface area contributed by atoms with Crippen molar-refractivity contribution in [3.05, 3.63) is 60.8 Å². The third kappa shape index (κ3) is 59.5. The van der Waals surface area contributed by atoms with E-state index in [1.807, 2.05) is 0 Å². The van der Waals surface area contributed by atoms with Gasteiger partial charge in [0.2, 0.25) is 0 Å². The van der Waals surface area contributed by atoms with Crippen LogP contribution in [0.3, 0.4) is 0 Å². The van der Waals surface area contributed by atoms with Crippen LogP contribution < -0.4 is 0 Å². The van der Waals surface area contributed by atoms with Crippen molar-refractivity contribution in [2.45, 2.75) is 507 Å². The van der Waals surface area contributed by atoms with Gasteiger partial charge in [-0.2, -0.15) is 0 Å². The van der Waals surface area contributed by atoms with E-state index in [-0.39, 0.29) is 32.1 Å². The maximum atomic E-state index is 14.5. The van der Waals surface area contributed by atoms with Gasteiger partial charge in [-0.15, -0.1) is 0 Å². The summed E-state index contributed by atoms with van der Waals surface area (Å²) in [5.41, 5.74) is 0. The first kappa shape index (κ1) is 106. The lowest BCUT2D eigenvalue weighted by molar-refractivity contribution is -0.537. The molecule has 0 saturated carbocycles. The van der Waals surface area contributed by atoms with Crippen molar-refractivity contribution < 1.29 is 73.2 Å². The molecule has 15 heteroatoms. The van der Waals surface area contributed by atoms with Crippen LogP contribution in [0.2, 0.25) is 0 Å². The summed E-state index contributed by atoms with van der Waals surface area (Å²) < 4.78 is 28.1. The molecule has 0 amide bonds. The third-order valence-electron chi connectivity index (χ3n) is 21.2. The zero-order valence-corrected chi connectivity index (χ0v) is 71.8. The highest BCUT2D eigenvalue weighted by Crippen LogP contribution is 2.46. The third-order valence-corrected chi connectivity index (χ3v) is 21.2. The first-order valence-corrected chi connectivity index (χ1v) is 46.4. The SMILES string of the molecule is CCCCCCCC/C=C\CCCCCCCC(=O)OC(O)(OC(=O)CCCCCCC/C=C\CCCCCCCC)[C@@](O)(OC(=O)CCCCCCC/C=C\CCCCCCCC)[C@](O)(OC(=O)CCCCCCC/C=C\CCCCCCCC)[C@@](O)(CO)OC(=O)CCCCCCC/C=C\CCCCCCCC. The summed E-state index contributed by atoms with van der Waals surface area (Å²) in [4.78, 5) is 71.7. The van der Waals surface area contributed by atoms with Gasteiger partial charge in [0.05, 0.1) is 0 Å². The van der Waals surface area contributed by atoms with Crippen LogP contribution in [0.25, 0.3) is 0 Å². The molecule has 0 aliphatic rings. The van der Waals surface area contributed by atoms with Gasteiger partial charge in [-0.05, 0) is 161 Å². The molecule has 642 valence electrons. The van der Waals surface area contributed by atoms with Gasteiger partial charge in [0.15, 0.2) is 0 Å². The highest BCUT2D eigenvalue weighted by molar-refractivity contribution is 5.74. The molecule has 5 N–H and O–H groups in total. The zero-order chi connectivity index (χ0) is 80.7. The first-order chi connectivity index (χ1) is 53.6. The van der Waals surface area contributed by atoms with E-state index < -0.39 is 91.9 Å². The van der Waals surface area contributed by atoms with Crippen LogP contribution in [0.5, 0.6) is 0 Å². The van der Waals surface area contributed by atoms with Crippen LogP contribution in [0, 0.1) is 0 Å².